The predicted octanol–water partition coefficient (Wildman–Crippen LogP) is 0.673. The van der Waals surface area contributed by atoms with Crippen LogP contribution in [0.5, 0.6) is 5.75 Å². The largest absolute Gasteiger partial charge is 0.492 e. The molecule has 6 nitrogen and oxygen atoms in total. The fourth-order valence-electron chi connectivity index (χ4n) is 1.38. The SMILES string of the molecule is N/C(=N/O)c1ccc(OCCNCC(O)C(F)(F)F)cc1. The van der Waals surface area contributed by atoms with Crippen LogP contribution in [-0.4, -0.2) is 48.1 Å². The average molecular weight is 307 g/mol. The van der Waals surface area contributed by atoms with Gasteiger partial charge in [-0.15, -0.1) is 0 Å². The highest BCUT2D eigenvalue weighted by atomic mass is 19.4. The lowest BCUT2D eigenvalue weighted by molar-refractivity contribution is -0.201. The minimum absolute atomic E-state index is 0.0376. The molecular weight excluding hydrogens is 291 g/mol. The number of amidine groups is 1. The molecule has 9 heteroatoms. The van der Waals surface area contributed by atoms with Crippen molar-refractivity contribution in [1.29, 1.82) is 0 Å². The molecular formula is C12H16F3N3O3. The van der Waals surface area contributed by atoms with E-state index in [1.165, 1.54) is 0 Å². The van der Waals surface area contributed by atoms with Crippen molar-refractivity contribution < 1.29 is 28.2 Å². The van der Waals surface area contributed by atoms with Crippen LogP contribution >= 0.6 is 0 Å². The van der Waals surface area contributed by atoms with Crippen molar-refractivity contribution in [3.05, 3.63) is 29.8 Å². The molecule has 1 unspecified atom stereocenters. The first kappa shape index (κ1) is 17.1. The highest BCUT2D eigenvalue weighted by molar-refractivity contribution is 5.97. The van der Waals surface area contributed by atoms with E-state index in [0.29, 0.717) is 11.3 Å². The van der Waals surface area contributed by atoms with Crippen molar-refractivity contribution in [1.82, 2.24) is 5.32 Å². The van der Waals surface area contributed by atoms with Gasteiger partial charge >= 0.3 is 6.18 Å². The molecule has 0 spiro atoms. The smallest absolute Gasteiger partial charge is 0.415 e. The van der Waals surface area contributed by atoms with Crippen molar-refractivity contribution in [3.8, 4) is 5.75 Å². The van der Waals surface area contributed by atoms with Gasteiger partial charge in [-0.1, -0.05) is 5.16 Å². The fourth-order valence-corrected chi connectivity index (χ4v) is 1.38. The van der Waals surface area contributed by atoms with Crippen LogP contribution in [0.15, 0.2) is 29.4 Å². The number of benzene rings is 1. The van der Waals surface area contributed by atoms with Gasteiger partial charge in [-0.3, -0.25) is 0 Å². The minimum Gasteiger partial charge on any atom is -0.492 e. The van der Waals surface area contributed by atoms with Crippen LogP contribution in [0, 0.1) is 0 Å². The Labute approximate surface area is 119 Å². The molecule has 1 aromatic carbocycles. The Morgan fingerprint density at radius 2 is 1.95 bits per heavy atom. The van der Waals surface area contributed by atoms with Gasteiger partial charge < -0.3 is 26.1 Å². The zero-order valence-corrected chi connectivity index (χ0v) is 11.0. The first-order chi connectivity index (χ1) is 9.84. The van der Waals surface area contributed by atoms with Crippen LogP contribution in [-0.2, 0) is 0 Å². The van der Waals surface area contributed by atoms with Gasteiger partial charge in [0.15, 0.2) is 11.9 Å². The summed E-state index contributed by atoms with van der Waals surface area (Å²) in [4.78, 5) is 0. The Hall–Kier alpha value is -2.00. The number of rotatable bonds is 7. The lowest BCUT2D eigenvalue weighted by atomic mass is 10.2. The maximum Gasteiger partial charge on any atom is 0.415 e. The van der Waals surface area contributed by atoms with Crippen molar-refractivity contribution in [2.75, 3.05) is 19.7 Å². The Balaban J connectivity index is 2.27. The summed E-state index contributed by atoms with van der Waals surface area (Å²) in [6, 6.07) is 6.31. The average Bonchev–Trinajstić information content (AvgIpc) is 2.45. The first-order valence-corrected chi connectivity index (χ1v) is 6.01. The molecule has 0 fully saturated rings. The van der Waals surface area contributed by atoms with Gasteiger partial charge in [0, 0.05) is 18.7 Å². The van der Waals surface area contributed by atoms with Crippen molar-refractivity contribution in [2.24, 2.45) is 10.9 Å². The monoisotopic (exact) mass is 307 g/mol. The van der Waals surface area contributed by atoms with Crippen molar-refractivity contribution in [2.45, 2.75) is 12.3 Å². The van der Waals surface area contributed by atoms with Crippen LogP contribution in [0.25, 0.3) is 0 Å². The quantitative estimate of drug-likeness (QED) is 0.195. The fraction of sp³-hybridized carbons (Fsp3) is 0.417. The van der Waals surface area contributed by atoms with E-state index in [4.69, 9.17) is 20.8 Å². The number of aliphatic hydroxyl groups is 1. The molecule has 0 amide bonds. The maximum absolute atomic E-state index is 12.0. The first-order valence-electron chi connectivity index (χ1n) is 6.01. The third-order valence-corrected chi connectivity index (χ3v) is 2.52. The topological polar surface area (TPSA) is 100 Å². The van der Waals surface area contributed by atoms with Crippen LogP contribution in [0.1, 0.15) is 5.56 Å². The molecule has 0 radical (unpaired) electrons. The van der Waals surface area contributed by atoms with Crippen LogP contribution in [0.2, 0.25) is 0 Å². The summed E-state index contributed by atoms with van der Waals surface area (Å²) in [5, 5.41) is 22.5. The molecule has 118 valence electrons. The molecule has 0 aromatic heterocycles. The van der Waals surface area contributed by atoms with E-state index in [1.807, 2.05) is 0 Å². The summed E-state index contributed by atoms with van der Waals surface area (Å²) in [5.41, 5.74) is 5.89. The van der Waals surface area contributed by atoms with Crippen molar-refractivity contribution in [3.63, 3.8) is 0 Å². The number of aliphatic hydroxyl groups excluding tert-OH is 1. The number of halogens is 3. The second kappa shape index (κ2) is 7.70. The van der Waals surface area contributed by atoms with Gasteiger partial charge in [-0.2, -0.15) is 13.2 Å². The van der Waals surface area contributed by atoms with Gasteiger partial charge in [-0.05, 0) is 24.3 Å². The number of nitrogens with zero attached hydrogens (tertiary/aromatic N) is 1. The van der Waals surface area contributed by atoms with E-state index in [0.717, 1.165) is 0 Å². The van der Waals surface area contributed by atoms with Crippen LogP contribution in [0.4, 0.5) is 13.2 Å². The summed E-state index contributed by atoms with van der Waals surface area (Å²) in [6.45, 7) is -0.308. The number of ether oxygens (including phenoxy) is 1. The van der Waals surface area contributed by atoms with E-state index in [9.17, 15) is 13.2 Å². The third-order valence-electron chi connectivity index (χ3n) is 2.52. The molecule has 0 saturated carbocycles. The summed E-state index contributed by atoms with van der Waals surface area (Å²) < 4.78 is 41.3. The number of alkyl halides is 3. The zero-order chi connectivity index (χ0) is 15.9. The normalized spacial score (nSPS) is 14.0. The summed E-state index contributed by atoms with van der Waals surface area (Å²) in [7, 11) is 0. The zero-order valence-electron chi connectivity index (χ0n) is 11.0. The highest BCUT2D eigenvalue weighted by Crippen LogP contribution is 2.19. The van der Waals surface area contributed by atoms with Crippen LogP contribution in [0.3, 0.4) is 0 Å². The third kappa shape index (κ3) is 5.88. The molecule has 1 atom stereocenters. The lowest BCUT2D eigenvalue weighted by Gasteiger charge is -2.15. The maximum atomic E-state index is 12.0. The Bertz CT molecular complexity index is 463. The van der Waals surface area contributed by atoms with Gasteiger partial charge in [0.25, 0.3) is 0 Å². The highest BCUT2D eigenvalue weighted by Gasteiger charge is 2.37. The Morgan fingerprint density at radius 3 is 2.48 bits per heavy atom. The molecule has 0 aliphatic carbocycles. The standard InChI is InChI=1S/C12H16F3N3O3/c13-12(14,15)10(19)7-17-5-6-21-9-3-1-8(2-4-9)11(16)18-20/h1-4,10,17,19-20H,5-7H2,(H2,16,18). The number of nitrogens with one attached hydrogen (secondary N) is 1. The van der Waals surface area contributed by atoms with E-state index in [-0.39, 0.29) is 19.0 Å². The molecule has 1 rings (SSSR count). The minimum atomic E-state index is -4.63. The van der Waals surface area contributed by atoms with E-state index >= 15 is 0 Å². The molecule has 0 aliphatic rings. The lowest BCUT2D eigenvalue weighted by Crippen LogP contribution is -2.39. The summed E-state index contributed by atoms with van der Waals surface area (Å²) in [5.74, 6) is 0.451. The van der Waals surface area contributed by atoms with Gasteiger partial charge in [0.05, 0.1) is 0 Å². The number of oxime groups is 1. The number of hydrogen-bond acceptors (Lipinski definition) is 5. The second-order valence-corrected chi connectivity index (χ2v) is 4.12. The Morgan fingerprint density at radius 1 is 1.33 bits per heavy atom. The van der Waals surface area contributed by atoms with Crippen molar-refractivity contribution >= 4 is 5.84 Å². The molecule has 0 aliphatic heterocycles. The molecule has 0 bridgehead atoms. The van der Waals surface area contributed by atoms with E-state index in [2.05, 4.69) is 10.5 Å². The summed E-state index contributed by atoms with van der Waals surface area (Å²) in [6.07, 6.45) is -7.02. The number of nitrogens with two attached hydrogens (primary N) is 1. The number of hydrogen-bond donors (Lipinski definition) is 4. The van der Waals surface area contributed by atoms with Gasteiger partial charge in [0.1, 0.15) is 12.4 Å². The molecule has 0 heterocycles. The van der Waals surface area contributed by atoms with Crippen LogP contribution < -0.4 is 15.8 Å². The molecule has 0 saturated heterocycles. The molecule has 1 aromatic rings. The molecule has 5 N–H and O–H groups in total. The van der Waals surface area contributed by atoms with Gasteiger partial charge in [0.2, 0.25) is 0 Å². The van der Waals surface area contributed by atoms with Gasteiger partial charge in [-0.25, -0.2) is 0 Å². The Kier molecular flexibility index (Phi) is 6.25. The molecule has 21 heavy (non-hydrogen) atoms. The van der Waals surface area contributed by atoms with E-state index < -0.39 is 18.8 Å². The van der Waals surface area contributed by atoms with E-state index in [1.54, 1.807) is 24.3 Å². The predicted molar refractivity (Wildman–Crippen MR) is 69.4 cm³/mol. The second-order valence-electron chi connectivity index (χ2n) is 4.12. The summed E-state index contributed by atoms with van der Waals surface area (Å²) >= 11 is 0.